The molecule has 1 heterocycles. The first kappa shape index (κ1) is 17.0. The molecular formula is C19H26N2O3. The fourth-order valence-electron chi connectivity index (χ4n) is 3.84. The minimum absolute atomic E-state index is 0.140. The summed E-state index contributed by atoms with van der Waals surface area (Å²) in [4.78, 5) is 26.4. The van der Waals surface area contributed by atoms with Crippen molar-refractivity contribution in [2.75, 3.05) is 12.0 Å². The van der Waals surface area contributed by atoms with E-state index >= 15 is 0 Å². The lowest BCUT2D eigenvalue weighted by Crippen LogP contribution is -2.48. The second-order valence-corrected chi connectivity index (χ2v) is 7.06. The summed E-state index contributed by atoms with van der Waals surface area (Å²) in [6.07, 6.45) is 3.74. The zero-order valence-electron chi connectivity index (χ0n) is 14.6. The lowest BCUT2D eigenvalue weighted by atomic mass is 9.78. The number of hydrogen-bond donors (Lipinski definition) is 1. The van der Waals surface area contributed by atoms with Crippen LogP contribution in [0.4, 0.5) is 5.69 Å². The van der Waals surface area contributed by atoms with Crippen molar-refractivity contribution in [1.82, 2.24) is 5.32 Å². The fraction of sp³-hybridized carbons (Fsp3) is 0.579. The van der Waals surface area contributed by atoms with Crippen LogP contribution in [-0.4, -0.2) is 31.0 Å². The molecule has 1 aliphatic carbocycles. The van der Waals surface area contributed by atoms with Gasteiger partial charge in [-0.05, 0) is 42.5 Å². The van der Waals surface area contributed by atoms with E-state index in [1.54, 1.807) is 31.4 Å². The van der Waals surface area contributed by atoms with Gasteiger partial charge < -0.3 is 10.1 Å². The average molecular weight is 330 g/mol. The van der Waals surface area contributed by atoms with E-state index < -0.39 is 6.04 Å². The fourth-order valence-corrected chi connectivity index (χ4v) is 3.84. The van der Waals surface area contributed by atoms with Crippen molar-refractivity contribution in [2.24, 2.45) is 11.8 Å². The summed E-state index contributed by atoms with van der Waals surface area (Å²) in [5.41, 5.74) is 0.611. The molecule has 0 aromatic heterocycles. The van der Waals surface area contributed by atoms with Crippen LogP contribution in [0.15, 0.2) is 24.3 Å². The lowest BCUT2D eigenvalue weighted by molar-refractivity contribution is -0.121. The SMILES string of the molecule is COc1ccc(N2C(=O)C[C@H](N[C@@H]3CCC[C@@H](C)[C@@H]3C)C2=O)cc1. The highest BCUT2D eigenvalue weighted by Crippen LogP contribution is 2.31. The molecule has 2 amide bonds. The van der Waals surface area contributed by atoms with Crippen LogP contribution in [0, 0.1) is 11.8 Å². The van der Waals surface area contributed by atoms with Gasteiger partial charge in [-0.3, -0.25) is 9.59 Å². The number of benzene rings is 1. The Kier molecular flexibility index (Phi) is 4.90. The number of ether oxygens (including phenoxy) is 1. The molecule has 1 saturated heterocycles. The first-order valence-corrected chi connectivity index (χ1v) is 8.78. The highest BCUT2D eigenvalue weighted by atomic mass is 16.5. The van der Waals surface area contributed by atoms with Crippen LogP contribution >= 0.6 is 0 Å². The zero-order valence-corrected chi connectivity index (χ0v) is 14.6. The van der Waals surface area contributed by atoms with Crippen molar-refractivity contribution in [3.63, 3.8) is 0 Å². The van der Waals surface area contributed by atoms with E-state index in [4.69, 9.17) is 4.74 Å². The maximum absolute atomic E-state index is 12.7. The van der Waals surface area contributed by atoms with Gasteiger partial charge in [0, 0.05) is 6.04 Å². The van der Waals surface area contributed by atoms with Gasteiger partial charge in [0.2, 0.25) is 5.91 Å². The summed E-state index contributed by atoms with van der Waals surface area (Å²) >= 11 is 0. The van der Waals surface area contributed by atoms with E-state index in [0.717, 1.165) is 6.42 Å². The molecule has 0 spiro atoms. The van der Waals surface area contributed by atoms with Gasteiger partial charge in [-0.25, -0.2) is 4.90 Å². The molecular weight excluding hydrogens is 304 g/mol. The maximum atomic E-state index is 12.7. The summed E-state index contributed by atoms with van der Waals surface area (Å²) < 4.78 is 5.13. The zero-order chi connectivity index (χ0) is 17.3. The predicted octanol–water partition coefficient (Wildman–Crippen LogP) is 2.74. The number of anilines is 1. The van der Waals surface area contributed by atoms with E-state index in [1.807, 2.05) is 0 Å². The van der Waals surface area contributed by atoms with E-state index in [2.05, 4.69) is 19.2 Å². The van der Waals surface area contributed by atoms with Crippen molar-refractivity contribution < 1.29 is 14.3 Å². The summed E-state index contributed by atoms with van der Waals surface area (Å²) in [6, 6.07) is 6.94. The second-order valence-electron chi connectivity index (χ2n) is 7.06. The smallest absolute Gasteiger partial charge is 0.251 e. The van der Waals surface area contributed by atoms with Gasteiger partial charge in [0.1, 0.15) is 5.75 Å². The van der Waals surface area contributed by atoms with Crippen molar-refractivity contribution >= 4 is 17.5 Å². The normalized spacial score (nSPS) is 30.7. The number of imide groups is 1. The molecule has 2 aliphatic rings. The Hall–Kier alpha value is -1.88. The van der Waals surface area contributed by atoms with Crippen LogP contribution in [-0.2, 0) is 9.59 Å². The Morgan fingerprint density at radius 3 is 2.50 bits per heavy atom. The van der Waals surface area contributed by atoms with Crippen molar-refractivity contribution in [3.8, 4) is 5.75 Å². The molecule has 1 aliphatic heterocycles. The molecule has 1 N–H and O–H groups in total. The average Bonchev–Trinajstić information content (AvgIpc) is 2.86. The Morgan fingerprint density at radius 2 is 1.83 bits per heavy atom. The van der Waals surface area contributed by atoms with Gasteiger partial charge in [-0.2, -0.15) is 0 Å². The highest BCUT2D eigenvalue weighted by Gasteiger charge is 2.41. The van der Waals surface area contributed by atoms with Gasteiger partial charge in [0.25, 0.3) is 5.91 Å². The number of carbonyl (C=O) groups excluding carboxylic acids is 2. The number of rotatable bonds is 4. The Labute approximate surface area is 143 Å². The minimum atomic E-state index is -0.405. The van der Waals surface area contributed by atoms with Crippen LogP contribution in [0.2, 0.25) is 0 Å². The summed E-state index contributed by atoms with van der Waals surface area (Å²) in [5, 5.41) is 3.46. The number of nitrogens with zero attached hydrogens (tertiary/aromatic N) is 1. The maximum Gasteiger partial charge on any atom is 0.251 e. The summed E-state index contributed by atoms with van der Waals surface area (Å²) in [6.45, 7) is 4.51. The first-order valence-electron chi connectivity index (χ1n) is 8.78. The molecule has 4 atom stereocenters. The molecule has 1 aromatic rings. The summed E-state index contributed by atoms with van der Waals surface area (Å²) in [5.74, 6) is 1.60. The molecule has 24 heavy (non-hydrogen) atoms. The quantitative estimate of drug-likeness (QED) is 0.863. The molecule has 3 rings (SSSR count). The molecule has 1 aromatic carbocycles. The van der Waals surface area contributed by atoms with E-state index in [1.165, 1.54) is 17.7 Å². The molecule has 5 heteroatoms. The molecule has 0 unspecified atom stereocenters. The van der Waals surface area contributed by atoms with Crippen LogP contribution in [0.5, 0.6) is 5.75 Å². The molecule has 2 fully saturated rings. The highest BCUT2D eigenvalue weighted by molar-refractivity contribution is 6.22. The van der Waals surface area contributed by atoms with E-state index in [9.17, 15) is 9.59 Å². The number of carbonyl (C=O) groups is 2. The topological polar surface area (TPSA) is 58.6 Å². The van der Waals surface area contributed by atoms with Crippen molar-refractivity contribution in [3.05, 3.63) is 24.3 Å². The van der Waals surface area contributed by atoms with E-state index in [0.29, 0.717) is 29.3 Å². The van der Waals surface area contributed by atoms with Crippen molar-refractivity contribution in [1.29, 1.82) is 0 Å². The number of hydrogen-bond acceptors (Lipinski definition) is 4. The van der Waals surface area contributed by atoms with Gasteiger partial charge >= 0.3 is 0 Å². The summed E-state index contributed by atoms with van der Waals surface area (Å²) in [7, 11) is 1.59. The standard InChI is InChI=1S/C19H26N2O3/c1-12-5-4-6-16(13(12)2)20-17-11-18(22)21(19(17)23)14-7-9-15(24-3)10-8-14/h7-10,12-13,16-17,20H,4-6,11H2,1-3H3/t12-,13+,16-,17+/m1/s1. The molecule has 1 saturated carbocycles. The third kappa shape index (κ3) is 3.18. The van der Waals surface area contributed by atoms with Gasteiger partial charge in [0.05, 0.1) is 25.3 Å². The Morgan fingerprint density at radius 1 is 1.12 bits per heavy atom. The Bertz CT molecular complexity index is 614. The lowest BCUT2D eigenvalue weighted by Gasteiger charge is -2.36. The third-order valence-electron chi connectivity index (χ3n) is 5.60. The third-order valence-corrected chi connectivity index (χ3v) is 5.60. The molecule has 130 valence electrons. The van der Waals surface area contributed by atoms with Crippen LogP contribution in [0.3, 0.4) is 0 Å². The van der Waals surface area contributed by atoms with Crippen molar-refractivity contribution in [2.45, 2.75) is 51.6 Å². The number of amides is 2. The largest absolute Gasteiger partial charge is 0.497 e. The Balaban J connectivity index is 1.71. The predicted molar refractivity (Wildman–Crippen MR) is 93.0 cm³/mol. The van der Waals surface area contributed by atoms with Crippen LogP contribution in [0.1, 0.15) is 39.5 Å². The molecule has 0 radical (unpaired) electrons. The number of nitrogens with one attached hydrogen (secondary N) is 1. The van der Waals surface area contributed by atoms with Crippen LogP contribution in [0.25, 0.3) is 0 Å². The molecule has 0 bridgehead atoms. The van der Waals surface area contributed by atoms with Gasteiger partial charge in [-0.1, -0.05) is 26.7 Å². The minimum Gasteiger partial charge on any atom is -0.497 e. The molecule has 5 nitrogen and oxygen atoms in total. The number of methoxy groups -OCH3 is 1. The van der Waals surface area contributed by atoms with Crippen LogP contribution < -0.4 is 15.0 Å². The van der Waals surface area contributed by atoms with Gasteiger partial charge in [0.15, 0.2) is 0 Å². The van der Waals surface area contributed by atoms with Gasteiger partial charge in [-0.15, -0.1) is 0 Å². The second kappa shape index (κ2) is 6.93. The monoisotopic (exact) mass is 330 g/mol. The van der Waals surface area contributed by atoms with E-state index in [-0.39, 0.29) is 18.2 Å². The first-order chi connectivity index (χ1) is 11.5.